The molecule has 0 aliphatic heterocycles. The summed E-state index contributed by atoms with van der Waals surface area (Å²) in [6, 6.07) is 12.8. The van der Waals surface area contributed by atoms with Gasteiger partial charge in [0, 0.05) is 6.54 Å². The van der Waals surface area contributed by atoms with Crippen LogP contribution >= 0.6 is 12.2 Å². The summed E-state index contributed by atoms with van der Waals surface area (Å²) in [6.07, 6.45) is 1.38. The molecule has 7 nitrogen and oxygen atoms in total. The minimum Gasteiger partial charge on any atom is -0.459 e. The van der Waals surface area contributed by atoms with Crippen LogP contribution in [0, 0.1) is 0 Å². The van der Waals surface area contributed by atoms with Crippen molar-refractivity contribution >= 4 is 29.1 Å². The molecule has 0 radical (unpaired) electrons. The highest BCUT2D eigenvalue weighted by Crippen LogP contribution is 1.98. The van der Waals surface area contributed by atoms with Crippen molar-refractivity contribution in [1.82, 2.24) is 21.5 Å². The van der Waals surface area contributed by atoms with Gasteiger partial charge in [-0.25, -0.2) is 0 Å². The normalized spacial score (nSPS) is 9.74. The molecule has 0 bridgehead atoms. The molecule has 23 heavy (non-hydrogen) atoms. The predicted octanol–water partition coefficient (Wildman–Crippen LogP) is 0.705. The number of rotatable bonds is 5. The van der Waals surface area contributed by atoms with E-state index in [4.69, 9.17) is 16.6 Å². The van der Waals surface area contributed by atoms with Gasteiger partial charge in [-0.05, 0) is 29.9 Å². The Hall–Kier alpha value is -2.87. The number of carbonyl (C=O) groups is 2. The van der Waals surface area contributed by atoms with E-state index in [2.05, 4.69) is 21.5 Å². The first kappa shape index (κ1) is 16.5. The van der Waals surface area contributed by atoms with Gasteiger partial charge in [0.05, 0.1) is 12.8 Å². The van der Waals surface area contributed by atoms with Gasteiger partial charge in [-0.2, -0.15) is 0 Å². The Labute approximate surface area is 138 Å². The van der Waals surface area contributed by atoms with Gasteiger partial charge < -0.3 is 15.1 Å². The van der Waals surface area contributed by atoms with Crippen LogP contribution in [0.15, 0.2) is 53.1 Å². The zero-order chi connectivity index (χ0) is 16.5. The summed E-state index contributed by atoms with van der Waals surface area (Å²) in [7, 11) is 0. The van der Waals surface area contributed by atoms with Crippen molar-refractivity contribution in [2.75, 3.05) is 6.54 Å². The molecule has 1 heterocycles. The van der Waals surface area contributed by atoms with Crippen molar-refractivity contribution in [2.45, 2.75) is 6.54 Å². The highest BCUT2D eigenvalue weighted by atomic mass is 32.1. The van der Waals surface area contributed by atoms with Crippen molar-refractivity contribution in [3.05, 3.63) is 60.1 Å². The Morgan fingerprint density at radius 1 is 1.00 bits per heavy atom. The lowest BCUT2D eigenvalue weighted by Gasteiger charge is -2.11. The van der Waals surface area contributed by atoms with Gasteiger partial charge in [-0.3, -0.25) is 20.4 Å². The van der Waals surface area contributed by atoms with Crippen molar-refractivity contribution in [2.24, 2.45) is 0 Å². The van der Waals surface area contributed by atoms with Crippen molar-refractivity contribution in [1.29, 1.82) is 0 Å². The fourth-order valence-corrected chi connectivity index (χ4v) is 1.77. The van der Waals surface area contributed by atoms with Gasteiger partial charge in [0.15, 0.2) is 10.9 Å². The van der Waals surface area contributed by atoms with E-state index in [9.17, 15) is 9.59 Å². The lowest BCUT2D eigenvalue weighted by Crippen LogP contribution is -2.49. The second-order valence-corrected chi connectivity index (χ2v) is 4.91. The fraction of sp³-hybridized carbons (Fsp3) is 0.133. The molecule has 0 unspecified atom stereocenters. The quantitative estimate of drug-likeness (QED) is 0.476. The van der Waals surface area contributed by atoms with Gasteiger partial charge in [0.1, 0.15) is 0 Å². The van der Waals surface area contributed by atoms with Gasteiger partial charge >= 0.3 is 0 Å². The van der Waals surface area contributed by atoms with E-state index in [1.54, 1.807) is 6.07 Å². The second kappa shape index (κ2) is 8.54. The average Bonchev–Trinajstić information content (AvgIpc) is 3.11. The average molecular weight is 332 g/mol. The van der Waals surface area contributed by atoms with Crippen LogP contribution in [0.25, 0.3) is 0 Å². The zero-order valence-electron chi connectivity index (χ0n) is 12.2. The fourth-order valence-electron chi connectivity index (χ4n) is 1.65. The smallest absolute Gasteiger partial charge is 0.287 e. The Morgan fingerprint density at radius 3 is 2.48 bits per heavy atom. The molecule has 0 fully saturated rings. The minimum absolute atomic E-state index is 0.144. The maximum atomic E-state index is 11.6. The maximum Gasteiger partial charge on any atom is 0.287 e. The Balaban J connectivity index is 1.62. The summed E-state index contributed by atoms with van der Waals surface area (Å²) < 4.78 is 4.91. The van der Waals surface area contributed by atoms with Crippen molar-refractivity contribution < 1.29 is 14.0 Å². The van der Waals surface area contributed by atoms with Crippen LogP contribution in [0.1, 0.15) is 16.1 Å². The number of hydrogen-bond donors (Lipinski definition) is 4. The van der Waals surface area contributed by atoms with Crippen LogP contribution in [-0.4, -0.2) is 23.5 Å². The largest absolute Gasteiger partial charge is 0.459 e. The first-order valence-electron chi connectivity index (χ1n) is 6.83. The summed E-state index contributed by atoms with van der Waals surface area (Å²) in [4.78, 5) is 23.2. The van der Waals surface area contributed by atoms with Crippen LogP contribution in [0.2, 0.25) is 0 Å². The third-order valence-corrected chi connectivity index (χ3v) is 3.01. The van der Waals surface area contributed by atoms with Gasteiger partial charge in [-0.1, -0.05) is 30.3 Å². The summed E-state index contributed by atoms with van der Waals surface area (Å²) in [5, 5.41) is 5.64. The number of thiocarbonyl (C=S) groups is 1. The molecule has 0 aliphatic rings. The molecule has 2 rings (SSSR count). The van der Waals surface area contributed by atoms with E-state index in [1.165, 1.54) is 12.3 Å². The van der Waals surface area contributed by atoms with Gasteiger partial charge in [0.25, 0.3) is 11.8 Å². The molecule has 4 N–H and O–H groups in total. The van der Waals surface area contributed by atoms with E-state index >= 15 is 0 Å². The van der Waals surface area contributed by atoms with E-state index in [1.807, 2.05) is 30.3 Å². The summed E-state index contributed by atoms with van der Waals surface area (Å²) in [5.41, 5.74) is 6.00. The highest BCUT2D eigenvalue weighted by Gasteiger charge is 2.10. The molecule has 2 amide bonds. The molecule has 1 aromatic carbocycles. The first-order valence-corrected chi connectivity index (χ1v) is 7.24. The van der Waals surface area contributed by atoms with Crippen molar-refractivity contribution in [3.63, 3.8) is 0 Å². The number of hydrazine groups is 1. The minimum atomic E-state index is -0.463. The molecule has 2 aromatic rings. The molecule has 8 heteroatoms. The van der Waals surface area contributed by atoms with Gasteiger partial charge in [-0.15, -0.1) is 0 Å². The molecule has 0 saturated heterocycles. The van der Waals surface area contributed by atoms with Gasteiger partial charge in [0.2, 0.25) is 0 Å². The van der Waals surface area contributed by atoms with E-state index in [0.29, 0.717) is 6.54 Å². The topological polar surface area (TPSA) is 95.4 Å². The highest BCUT2D eigenvalue weighted by molar-refractivity contribution is 7.80. The van der Waals surface area contributed by atoms with Crippen LogP contribution < -0.4 is 21.5 Å². The second-order valence-electron chi connectivity index (χ2n) is 4.50. The predicted molar refractivity (Wildman–Crippen MR) is 88.2 cm³/mol. The number of furan rings is 1. The Bertz CT molecular complexity index is 659. The Morgan fingerprint density at radius 2 is 1.78 bits per heavy atom. The zero-order valence-corrected chi connectivity index (χ0v) is 13.0. The van der Waals surface area contributed by atoms with Crippen LogP contribution in [0.4, 0.5) is 0 Å². The number of amides is 2. The maximum absolute atomic E-state index is 11.6. The van der Waals surface area contributed by atoms with Crippen molar-refractivity contribution in [3.8, 4) is 0 Å². The third-order valence-electron chi connectivity index (χ3n) is 2.77. The monoisotopic (exact) mass is 332 g/mol. The number of benzene rings is 1. The first-order chi connectivity index (χ1) is 11.1. The molecule has 0 aliphatic carbocycles. The molecule has 0 spiro atoms. The SMILES string of the molecule is O=C(CNC(=O)c1ccco1)NNC(=S)NCc1ccccc1. The standard InChI is InChI=1S/C15H16N4O3S/c20-13(10-16-14(21)12-7-4-8-22-12)18-19-15(23)17-9-11-5-2-1-3-6-11/h1-8H,9-10H2,(H,16,21)(H,18,20)(H2,17,19,23). The third kappa shape index (κ3) is 5.79. The number of nitrogens with one attached hydrogen (secondary N) is 4. The Kier molecular flexibility index (Phi) is 6.13. The molecule has 120 valence electrons. The molecular formula is C15H16N4O3S. The van der Waals surface area contributed by atoms with E-state index in [-0.39, 0.29) is 17.4 Å². The van der Waals surface area contributed by atoms with Crippen LogP contribution in [-0.2, 0) is 11.3 Å². The molecule has 0 atom stereocenters. The summed E-state index contributed by atoms with van der Waals surface area (Å²) in [5.74, 6) is -0.755. The summed E-state index contributed by atoms with van der Waals surface area (Å²) >= 11 is 5.03. The lowest BCUT2D eigenvalue weighted by atomic mass is 10.2. The number of carbonyl (C=O) groups excluding carboxylic acids is 2. The summed E-state index contributed by atoms with van der Waals surface area (Å²) in [6.45, 7) is 0.339. The lowest BCUT2D eigenvalue weighted by molar-refractivity contribution is -0.120. The van der Waals surface area contributed by atoms with E-state index < -0.39 is 11.8 Å². The molecule has 0 saturated carbocycles. The molecular weight excluding hydrogens is 316 g/mol. The van der Waals surface area contributed by atoms with Crippen LogP contribution in [0.3, 0.4) is 0 Å². The van der Waals surface area contributed by atoms with Crippen LogP contribution in [0.5, 0.6) is 0 Å². The van der Waals surface area contributed by atoms with E-state index in [0.717, 1.165) is 5.56 Å². The molecule has 1 aromatic heterocycles. The number of hydrogen-bond acceptors (Lipinski definition) is 4.